The molecular weight excluding hydrogens is 264 g/mol. The number of pyridine rings is 1. The van der Waals surface area contributed by atoms with Gasteiger partial charge in [-0.25, -0.2) is 14.5 Å². The molecule has 0 amide bonds. The zero-order valence-electron chi connectivity index (χ0n) is 10.1. The van der Waals surface area contributed by atoms with E-state index in [9.17, 15) is 10.1 Å². The molecule has 0 aromatic carbocycles. The molecule has 7 heteroatoms. The van der Waals surface area contributed by atoms with Crippen LogP contribution in [0.25, 0.3) is 0 Å². The number of hydrogen-bond acceptors (Lipinski definition) is 5. The van der Waals surface area contributed by atoms with Crippen LogP contribution in [0.2, 0.25) is 0 Å². The third-order valence-electron chi connectivity index (χ3n) is 2.40. The van der Waals surface area contributed by atoms with E-state index in [0.29, 0.717) is 18.1 Å². The normalized spacial score (nSPS) is 10.3. The van der Waals surface area contributed by atoms with Gasteiger partial charge in [0.1, 0.15) is 12.7 Å². The Morgan fingerprint density at radius 1 is 1.47 bits per heavy atom. The molecule has 0 spiro atoms. The van der Waals surface area contributed by atoms with Crippen LogP contribution in [-0.2, 0) is 12.3 Å². The molecule has 0 aliphatic rings. The minimum Gasteiger partial charge on any atom is -0.358 e. The third-order valence-corrected chi connectivity index (χ3v) is 3.34. The highest BCUT2D eigenvalue weighted by molar-refractivity contribution is 7.98. The zero-order valence-corrected chi connectivity index (χ0v) is 10.9. The van der Waals surface area contributed by atoms with Crippen LogP contribution in [0.5, 0.6) is 0 Å². The summed E-state index contributed by atoms with van der Waals surface area (Å²) in [6.07, 6.45) is 4.60. The van der Waals surface area contributed by atoms with E-state index in [2.05, 4.69) is 16.5 Å². The zero-order chi connectivity index (χ0) is 13.7. The van der Waals surface area contributed by atoms with Gasteiger partial charge in [0.05, 0.1) is 10.8 Å². The number of thioether (sulfide) groups is 1. The maximum atomic E-state index is 10.9. The predicted octanol–water partition coefficient (Wildman–Crippen LogP) is 2.66. The van der Waals surface area contributed by atoms with Gasteiger partial charge in [0, 0.05) is 6.20 Å². The van der Waals surface area contributed by atoms with Crippen molar-refractivity contribution in [2.24, 2.45) is 0 Å². The first kappa shape index (κ1) is 13.3. The lowest BCUT2D eigenvalue weighted by Crippen LogP contribution is -2.05. The fraction of sp³-hybridized carbons (Fsp3) is 0.167. The van der Waals surface area contributed by atoms with Crippen LogP contribution in [0.3, 0.4) is 0 Å². The first-order valence-electron chi connectivity index (χ1n) is 5.56. The highest BCUT2D eigenvalue weighted by Crippen LogP contribution is 2.22. The van der Waals surface area contributed by atoms with E-state index >= 15 is 0 Å². The Labute approximate surface area is 114 Å². The van der Waals surface area contributed by atoms with Crippen LogP contribution in [0.1, 0.15) is 5.82 Å². The molecule has 2 aromatic rings. The average molecular weight is 276 g/mol. The van der Waals surface area contributed by atoms with Gasteiger partial charge in [0.25, 0.3) is 0 Å². The minimum absolute atomic E-state index is 0.0171. The van der Waals surface area contributed by atoms with E-state index in [1.807, 2.05) is 18.2 Å². The molecule has 0 bridgehead atoms. The molecule has 0 aliphatic carbocycles. The van der Waals surface area contributed by atoms with Gasteiger partial charge in [-0.2, -0.15) is 0 Å². The standard InChI is InChI=1S/C12H12N4O2S/c1-2-7-15-10(14-8-12(15)16(17)18)9-19-11-5-3-4-6-13-11/h2-6,8H,1,7,9H2. The number of aromatic nitrogens is 3. The molecule has 0 saturated carbocycles. The van der Waals surface area contributed by atoms with E-state index in [0.717, 1.165) is 5.03 Å². The molecule has 2 aromatic heterocycles. The Bertz CT molecular complexity index is 583. The molecule has 6 nitrogen and oxygen atoms in total. The second kappa shape index (κ2) is 6.14. The second-order valence-electron chi connectivity index (χ2n) is 3.65. The average Bonchev–Trinajstić information content (AvgIpc) is 2.81. The molecule has 0 radical (unpaired) electrons. The van der Waals surface area contributed by atoms with Gasteiger partial charge < -0.3 is 10.1 Å². The maximum absolute atomic E-state index is 10.9. The van der Waals surface area contributed by atoms with Crippen molar-refractivity contribution in [3.63, 3.8) is 0 Å². The maximum Gasteiger partial charge on any atom is 0.343 e. The summed E-state index contributed by atoms with van der Waals surface area (Å²) in [5.74, 6) is 1.15. The van der Waals surface area contributed by atoms with Gasteiger partial charge >= 0.3 is 5.82 Å². The lowest BCUT2D eigenvalue weighted by atomic mass is 10.5. The molecular formula is C12H12N4O2S. The largest absolute Gasteiger partial charge is 0.358 e. The summed E-state index contributed by atoms with van der Waals surface area (Å²) in [7, 11) is 0. The molecule has 0 atom stereocenters. The Hall–Kier alpha value is -2.15. The van der Waals surface area contributed by atoms with E-state index in [1.165, 1.54) is 18.0 Å². The molecule has 2 heterocycles. The van der Waals surface area contributed by atoms with Crippen molar-refractivity contribution in [2.75, 3.05) is 0 Å². The van der Waals surface area contributed by atoms with Gasteiger partial charge in [-0.05, 0) is 17.1 Å². The summed E-state index contributed by atoms with van der Waals surface area (Å²) >= 11 is 1.49. The van der Waals surface area contributed by atoms with Crippen LogP contribution >= 0.6 is 11.8 Å². The summed E-state index contributed by atoms with van der Waals surface area (Å²) in [4.78, 5) is 18.7. The van der Waals surface area contributed by atoms with Crippen molar-refractivity contribution < 1.29 is 4.92 Å². The number of nitro groups is 1. The van der Waals surface area contributed by atoms with Crippen molar-refractivity contribution in [3.8, 4) is 0 Å². The first-order valence-corrected chi connectivity index (χ1v) is 6.54. The van der Waals surface area contributed by atoms with Crippen LogP contribution in [0.4, 0.5) is 5.82 Å². The molecule has 98 valence electrons. The smallest absolute Gasteiger partial charge is 0.343 e. The summed E-state index contributed by atoms with van der Waals surface area (Å²) in [6, 6.07) is 5.63. The fourth-order valence-electron chi connectivity index (χ4n) is 1.56. The van der Waals surface area contributed by atoms with Crippen molar-refractivity contribution >= 4 is 17.6 Å². The van der Waals surface area contributed by atoms with E-state index in [4.69, 9.17) is 0 Å². The van der Waals surface area contributed by atoms with Crippen molar-refractivity contribution in [2.45, 2.75) is 17.3 Å². The van der Waals surface area contributed by atoms with Gasteiger partial charge in [-0.3, -0.25) is 0 Å². The molecule has 0 fully saturated rings. The van der Waals surface area contributed by atoms with Gasteiger partial charge in [-0.1, -0.05) is 30.5 Å². The van der Waals surface area contributed by atoms with E-state index in [-0.39, 0.29) is 5.82 Å². The third kappa shape index (κ3) is 3.19. The van der Waals surface area contributed by atoms with Crippen LogP contribution in [-0.4, -0.2) is 19.5 Å². The SMILES string of the molecule is C=CCn1c([N+](=O)[O-])cnc1CSc1ccccn1. The topological polar surface area (TPSA) is 73.8 Å². The quantitative estimate of drug-likeness (QED) is 0.351. The molecule has 0 unspecified atom stereocenters. The predicted molar refractivity (Wildman–Crippen MR) is 72.9 cm³/mol. The minimum atomic E-state index is -0.439. The molecule has 0 saturated heterocycles. The highest BCUT2D eigenvalue weighted by Gasteiger charge is 2.19. The Kier molecular flexibility index (Phi) is 4.30. The summed E-state index contributed by atoms with van der Waals surface area (Å²) < 4.78 is 1.54. The first-order chi connectivity index (χ1) is 9.22. The number of imidazole rings is 1. The fourth-order valence-corrected chi connectivity index (χ4v) is 2.38. The number of nitrogens with zero attached hydrogens (tertiary/aromatic N) is 4. The Balaban J connectivity index is 2.16. The highest BCUT2D eigenvalue weighted by atomic mass is 32.2. The summed E-state index contributed by atoms with van der Waals surface area (Å²) in [5, 5.41) is 11.7. The molecule has 0 N–H and O–H groups in total. The lowest BCUT2D eigenvalue weighted by molar-refractivity contribution is -0.392. The molecule has 0 aliphatic heterocycles. The van der Waals surface area contributed by atoms with Crippen LogP contribution in [0.15, 0.2) is 48.3 Å². The van der Waals surface area contributed by atoms with E-state index in [1.54, 1.807) is 16.8 Å². The van der Waals surface area contributed by atoms with Crippen molar-refractivity contribution in [3.05, 3.63) is 59.2 Å². The summed E-state index contributed by atoms with van der Waals surface area (Å²) in [6.45, 7) is 3.97. The monoisotopic (exact) mass is 276 g/mol. The van der Waals surface area contributed by atoms with Crippen LogP contribution in [0, 0.1) is 10.1 Å². The Morgan fingerprint density at radius 2 is 2.32 bits per heavy atom. The second-order valence-corrected chi connectivity index (χ2v) is 4.64. The van der Waals surface area contributed by atoms with Crippen LogP contribution < -0.4 is 0 Å². The van der Waals surface area contributed by atoms with Gasteiger partial charge in [0.15, 0.2) is 0 Å². The summed E-state index contributed by atoms with van der Waals surface area (Å²) in [5.41, 5.74) is 0. The molecule has 19 heavy (non-hydrogen) atoms. The van der Waals surface area contributed by atoms with Crippen molar-refractivity contribution in [1.29, 1.82) is 0 Å². The lowest BCUT2D eigenvalue weighted by Gasteiger charge is -2.02. The van der Waals surface area contributed by atoms with Crippen molar-refractivity contribution in [1.82, 2.24) is 14.5 Å². The Morgan fingerprint density at radius 3 is 2.95 bits per heavy atom. The number of allylic oxidation sites excluding steroid dienone is 1. The van der Waals surface area contributed by atoms with Gasteiger partial charge in [0.2, 0.25) is 5.82 Å². The number of hydrogen-bond donors (Lipinski definition) is 0. The molecule has 2 rings (SSSR count). The van der Waals surface area contributed by atoms with Gasteiger partial charge in [-0.15, -0.1) is 0 Å². The number of rotatable bonds is 6. The van der Waals surface area contributed by atoms with E-state index < -0.39 is 4.92 Å².